The van der Waals surface area contributed by atoms with Crippen LogP contribution in [0.15, 0.2) is 36.4 Å². The Morgan fingerprint density at radius 1 is 1.08 bits per heavy atom. The van der Waals surface area contributed by atoms with Crippen molar-refractivity contribution in [1.29, 1.82) is 0 Å². The second-order valence-electron chi connectivity index (χ2n) is 5.72. The second kappa shape index (κ2) is 6.67. The van der Waals surface area contributed by atoms with E-state index in [1.807, 2.05) is 26.0 Å². The SMILES string of the molecule is Cc1ccc(C(=O)NC(=S)Nc2nc3c(C)cc(C)cc3s2)cc1. The minimum absolute atomic E-state index is 0.236. The van der Waals surface area contributed by atoms with Crippen LogP contribution in [-0.2, 0) is 0 Å². The molecule has 0 radical (unpaired) electrons. The molecule has 0 aliphatic heterocycles. The number of benzene rings is 2. The van der Waals surface area contributed by atoms with E-state index in [4.69, 9.17) is 12.2 Å². The standard InChI is InChI=1S/C18H17N3OS2/c1-10-4-6-13(7-5-10)16(22)20-17(23)21-18-19-15-12(3)8-11(2)9-14(15)24-18/h4-9H,1-3H3,(H2,19,20,21,22,23). The molecule has 0 atom stereocenters. The quantitative estimate of drug-likeness (QED) is 0.671. The van der Waals surface area contributed by atoms with Crippen LogP contribution in [-0.4, -0.2) is 16.0 Å². The lowest BCUT2D eigenvalue weighted by Crippen LogP contribution is -2.34. The predicted molar refractivity (Wildman–Crippen MR) is 104 cm³/mol. The first-order chi connectivity index (χ1) is 11.4. The third-order valence-electron chi connectivity index (χ3n) is 3.59. The van der Waals surface area contributed by atoms with E-state index in [0.717, 1.165) is 21.3 Å². The Balaban J connectivity index is 1.71. The fraction of sp³-hybridized carbons (Fsp3) is 0.167. The van der Waals surface area contributed by atoms with Gasteiger partial charge in [0.15, 0.2) is 10.2 Å². The molecule has 4 nitrogen and oxygen atoms in total. The van der Waals surface area contributed by atoms with Gasteiger partial charge in [-0.2, -0.15) is 0 Å². The largest absolute Gasteiger partial charge is 0.308 e. The number of fused-ring (bicyclic) bond motifs is 1. The van der Waals surface area contributed by atoms with Crippen LogP contribution in [0.4, 0.5) is 5.13 Å². The number of hydrogen-bond acceptors (Lipinski definition) is 4. The summed E-state index contributed by atoms with van der Waals surface area (Å²) < 4.78 is 1.10. The maximum Gasteiger partial charge on any atom is 0.257 e. The number of rotatable bonds is 2. The van der Waals surface area contributed by atoms with Crippen LogP contribution < -0.4 is 10.6 Å². The van der Waals surface area contributed by atoms with E-state index >= 15 is 0 Å². The van der Waals surface area contributed by atoms with Crippen molar-refractivity contribution in [2.45, 2.75) is 20.8 Å². The van der Waals surface area contributed by atoms with Crippen molar-refractivity contribution < 1.29 is 4.79 Å². The van der Waals surface area contributed by atoms with Crippen molar-refractivity contribution in [2.24, 2.45) is 0 Å². The Bertz CT molecular complexity index is 929. The van der Waals surface area contributed by atoms with Crippen molar-refractivity contribution in [1.82, 2.24) is 10.3 Å². The third kappa shape index (κ3) is 3.60. The highest BCUT2D eigenvalue weighted by molar-refractivity contribution is 7.80. The molecule has 1 amide bonds. The van der Waals surface area contributed by atoms with Crippen LogP contribution in [0.3, 0.4) is 0 Å². The summed E-state index contributed by atoms with van der Waals surface area (Å²) >= 11 is 6.74. The van der Waals surface area contributed by atoms with E-state index in [9.17, 15) is 4.79 Å². The fourth-order valence-electron chi connectivity index (χ4n) is 2.43. The number of aromatic nitrogens is 1. The number of aryl methyl sites for hydroxylation is 3. The van der Waals surface area contributed by atoms with Gasteiger partial charge in [-0.3, -0.25) is 10.1 Å². The molecular weight excluding hydrogens is 338 g/mol. The fourth-order valence-corrected chi connectivity index (χ4v) is 3.73. The van der Waals surface area contributed by atoms with Crippen LogP contribution >= 0.6 is 23.6 Å². The Hall–Kier alpha value is -2.31. The van der Waals surface area contributed by atoms with Crippen molar-refractivity contribution in [3.63, 3.8) is 0 Å². The summed E-state index contributed by atoms with van der Waals surface area (Å²) in [6, 6.07) is 11.5. The van der Waals surface area contributed by atoms with Gasteiger partial charge >= 0.3 is 0 Å². The molecule has 3 aromatic rings. The van der Waals surface area contributed by atoms with Crippen LogP contribution in [0.1, 0.15) is 27.0 Å². The summed E-state index contributed by atoms with van der Waals surface area (Å²) in [6.45, 7) is 6.08. The zero-order valence-corrected chi connectivity index (χ0v) is 15.3. The van der Waals surface area contributed by atoms with E-state index < -0.39 is 0 Å². The first-order valence-electron chi connectivity index (χ1n) is 7.49. The molecule has 1 aromatic heterocycles. The third-order valence-corrected chi connectivity index (χ3v) is 4.71. The average Bonchev–Trinajstić information content (AvgIpc) is 2.90. The molecule has 0 saturated heterocycles. The van der Waals surface area contributed by atoms with Crippen LogP contribution in [0, 0.1) is 20.8 Å². The molecule has 1 heterocycles. The van der Waals surface area contributed by atoms with Gasteiger partial charge in [-0.25, -0.2) is 4.98 Å². The van der Waals surface area contributed by atoms with E-state index in [2.05, 4.69) is 34.7 Å². The monoisotopic (exact) mass is 355 g/mol. The Morgan fingerprint density at radius 3 is 2.50 bits per heavy atom. The van der Waals surface area contributed by atoms with Gasteiger partial charge in [-0.15, -0.1) is 0 Å². The van der Waals surface area contributed by atoms with Gasteiger partial charge in [0.05, 0.1) is 10.2 Å². The molecule has 0 saturated carbocycles. The molecule has 0 unspecified atom stereocenters. The van der Waals surface area contributed by atoms with Crippen LogP contribution in [0.2, 0.25) is 0 Å². The Labute approximate surface area is 149 Å². The number of nitrogens with one attached hydrogen (secondary N) is 2. The van der Waals surface area contributed by atoms with Crippen molar-refractivity contribution >= 4 is 49.9 Å². The molecule has 3 rings (SSSR count). The van der Waals surface area contributed by atoms with Gasteiger partial charge in [-0.05, 0) is 62.3 Å². The number of nitrogens with zero attached hydrogens (tertiary/aromatic N) is 1. The highest BCUT2D eigenvalue weighted by Gasteiger charge is 2.11. The molecule has 2 aromatic carbocycles. The molecule has 0 bridgehead atoms. The van der Waals surface area contributed by atoms with E-state index in [1.54, 1.807) is 12.1 Å². The summed E-state index contributed by atoms with van der Waals surface area (Å²) in [5.74, 6) is -0.236. The van der Waals surface area contributed by atoms with Crippen molar-refractivity contribution in [2.75, 3.05) is 5.32 Å². The molecule has 0 fully saturated rings. The van der Waals surface area contributed by atoms with E-state index in [1.165, 1.54) is 16.9 Å². The number of hydrogen-bond donors (Lipinski definition) is 2. The van der Waals surface area contributed by atoms with Gasteiger partial charge in [0.2, 0.25) is 0 Å². The summed E-state index contributed by atoms with van der Waals surface area (Å²) in [7, 11) is 0. The zero-order valence-electron chi connectivity index (χ0n) is 13.6. The van der Waals surface area contributed by atoms with Crippen molar-refractivity contribution in [3.05, 3.63) is 58.7 Å². The molecule has 0 aliphatic rings. The van der Waals surface area contributed by atoms with E-state index in [-0.39, 0.29) is 11.0 Å². The lowest BCUT2D eigenvalue weighted by molar-refractivity contribution is 0.0978. The molecular formula is C18H17N3OS2. The van der Waals surface area contributed by atoms with Crippen LogP contribution in [0.25, 0.3) is 10.2 Å². The number of thiazole rings is 1. The number of carbonyl (C=O) groups is 1. The van der Waals surface area contributed by atoms with Gasteiger partial charge < -0.3 is 5.32 Å². The number of carbonyl (C=O) groups excluding carboxylic acids is 1. The summed E-state index contributed by atoms with van der Waals surface area (Å²) in [5.41, 5.74) is 4.96. The highest BCUT2D eigenvalue weighted by Crippen LogP contribution is 2.29. The summed E-state index contributed by atoms with van der Waals surface area (Å²) in [4.78, 5) is 16.7. The van der Waals surface area contributed by atoms with E-state index in [0.29, 0.717) is 10.7 Å². The minimum atomic E-state index is -0.236. The van der Waals surface area contributed by atoms with Crippen LogP contribution in [0.5, 0.6) is 0 Å². The molecule has 0 aliphatic carbocycles. The molecule has 6 heteroatoms. The van der Waals surface area contributed by atoms with Gasteiger partial charge in [0.25, 0.3) is 5.91 Å². The zero-order chi connectivity index (χ0) is 17.3. The first kappa shape index (κ1) is 16.5. The van der Waals surface area contributed by atoms with Crippen molar-refractivity contribution in [3.8, 4) is 0 Å². The lowest BCUT2D eigenvalue weighted by atomic mass is 10.1. The topological polar surface area (TPSA) is 54.0 Å². The maximum atomic E-state index is 12.2. The first-order valence-corrected chi connectivity index (χ1v) is 8.71. The number of thiocarbonyl (C=S) groups is 1. The predicted octanol–water partition coefficient (Wildman–Crippen LogP) is 4.35. The second-order valence-corrected chi connectivity index (χ2v) is 7.16. The number of amides is 1. The normalized spacial score (nSPS) is 10.6. The van der Waals surface area contributed by atoms with Gasteiger partial charge in [0, 0.05) is 5.56 Å². The molecule has 0 spiro atoms. The van der Waals surface area contributed by atoms with Gasteiger partial charge in [-0.1, -0.05) is 35.1 Å². The summed E-state index contributed by atoms with van der Waals surface area (Å²) in [6.07, 6.45) is 0. The average molecular weight is 355 g/mol. The summed E-state index contributed by atoms with van der Waals surface area (Å²) in [5, 5.41) is 6.60. The lowest BCUT2D eigenvalue weighted by Gasteiger charge is -2.07. The minimum Gasteiger partial charge on any atom is -0.308 e. The molecule has 24 heavy (non-hydrogen) atoms. The van der Waals surface area contributed by atoms with Gasteiger partial charge in [0.1, 0.15) is 0 Å². The highest BCUT2D eigenvalue weighted by atomic mass is 32.1. The molecule has 122 valence electrons. The smallest absolute Gasteiger partial charge is 0.257 e. The Morgan fingerprint density at radius 2 is 1.79 bits per heavy atom. The maximum absolute atomic E-state index is 12.2. The Kier molecular flexibility index (Phi) is 4.59. The molecule has 2 N–H and O–H groups in total. The number of anilines is 1.